The Hall–Kier alpha value is -0.610. The third kappa shape index (κ3) is 4.18. The van der Waals surface area contributed by atoms with Crippen molar-refractivity contribution in [2.45, 2.75) is 33.2 Å². The van der Waals surface area contributed by atoms with Crippen LogP contribution in [-0.4, -0.2) is 11.7 Å². The van der Waals surface area contributed by atoms with E-state index in [0.29, 0.717) is 6.04 Å². The van der Waals surface area contributed by atoms with Gasteiger partial charge in [-0.1, -0.05) is 6.92 Å². The van der Waals surface area contributed by atoms with E-state index in [0.717, 1.165) is 18.1 Å². The standard InChI is InChI=1S/C11H18N2S2/c1-4-7-12-11(14)13-9(3)10-6-5-8(2)15-10/h5-6,9H,4,7H2,1-3H3,(H2,12,13,14). The number of nitrogens with one attached hydrogen (secondary N) is 2. The first-order valence-electron chi connectivity index (χ1n) is 5.24. The van der Waals surface area contributed by atoms with Crippen LogP contribution in [0.5, 0.6) is 0 Å². The molecule has 0 bridgehead atoms. The van der Waals surface area contributed by atoms with E-state index < -0.39 is 0 Å². The molecule has 1 heterocycles. The van der Waals surface area contributed by atoms with E-state index >= 15 is 0 Å². The molecule has 1 rings (SSSR count). The average molecular weight is 242 g/mol. The Morgan fingerprint density at radius 3 is 2.80 bits per heavy atom. The lowest BCUT2D eigenvalue weighted by Crippen LogP contribution is -2.36. The van der Waals surface area contributed by atoms with Crippen molar-refractivity contribution in [2.75, 3.05) is 6.54 Å². The van der Waals surface area contributed by atoms with Crippen molar-refractivity contribution in [3.05, 3.63) is 21.9 Å². The van der Waals surface area contributed by atoms with Gasteiger partial charge in [0, 0.05) is 16.3 Å². The second-order valence-electron chi connectivity index (χ2n) is 3.57. The van der Waals surface area contributed by atoms with E-state index in [4.69, 9.17) is 12.2 Å². The molecule has 0 aromatic carbocycles. The minimum Gasteiger partial charge on any atom is -0.363 e. The molecule has 2 N–H and O–H groups in total. The van der Waals surface area contributed by atoms with Gasteiger partial charge in [-0.25, -0.2) is 0 Å². The molecule has 0 fully saturated rings. The number of thiophene rings is 1. The highest BCUT2D eigenvalue weighted by molar-refractivity contribution is 7.80. The van der Waals surface area contributed by atoms with Gasteiger partial charge in [0.1, 0.15) is 0 Å². The summed E-state index contributed by atoms with van der Waals surface area (Å²) in [6.07, 6.45) is 1.09. The fourth-order valence-corrected chi connectivity index (χ4v) is 2.40. The maximum atomic E-state index is 5.18. The quantitative estimate of drug-likeness (QED) is 0.794. The second-order valence-corrected chi connectivity index (χ2v) is 5.30. The Morgan fingerprint density at radius 1 is 1.53 bits per heavy atom. The highest BCUT2D eigenvalue weighted by Crippen LogP contribution is 2.21. The van der Waals surface area contributed by atoms with Crippen molar-refractivity contribution in [3.8, 4) is 0 Å². The third-order valence-corrected chi connectivity index (χ3v) is 3.52. The smallest absolute Gasteiger partial charge is 0.166 e. The van der Waals surface area contributed by atoms with E-state index in [9.17, 15) is 0 Å². The topological polar surface area (TPSA) is 24.1 Å². The predicted molar refractivity (Wildman–Crippen MR) is 71.5 cm³/mol. The molecule has 84 valence electrons. The zero-order chi connectivity index (χ0) is 11.3. The van der Waals surface area contributed by atoms with Crippen LogP contribution in [0.2, 0.25) is 0 Å². The number of aryl methyl sites for hydroxylation is 1. The molecule has 0 aliphatic carbocycles. The predicted octanol–water partition coefficient (Wildman–Crippen LogP) is 2.99. The SMILES string of the molecule is CCCNC(=S)NC(C)c1ccc(C)s1. The van der Waals surface area contributed by atoms with Gasteiger partial charge < -0.3 is 10.6 Å². The van der Waals surface area contributed by atoms with E-state index in [1.807, 2.05) is 11.3 Å². The molecule has 0 spiro atoms. The lowest BCUT2D eigenvalue weighted by atomic mass is 10.3. The molecule has 2 nitrogen and oxygen atoms in total. The van der Waals surface area contributed by atoms with Crippen LogP contribution in [0.15, 0.2) is 12.1 Å². The van der Waals surface area contributed by atoms with Crippen LogP contribution >= 0.6 is 23.6 Å². The van der Waals surface area contributed by atoms with Crippen LogP contribution in [0.25, 0.3) is 0 Å². The summed E-state index contributed by atoms with van der Waals surface area (Å²) in [6.45, 7) is 7.31. The molecular weight excluding hydrogens is 224 g/mol. The van der Waals surface area contributed by atoms with Gasteiger partial charge in [0.15, 0.2) is 5.11 Å². The van der Waals surface area contributed by atoms with Gasteiger partial charge >= 0.3 is 0 Å². The second kappa shape index (κ2) is 6.08. The molecule has 1 aromatic rings. The van der Waals surface area contributed by atoms with Gasteiger partial charge in [-0.15, -0.1) is 11.3 Å². The van der Waals surface area contributed by atoms with Gasteiger partial charge in [0.2, 0.25) is 0 Å². The van der Waals surface area contributed by atoms with Gasteiger partial charge in [-0.3, -0.25) is 0 Å². The minimum atomic E-state index is 0.292. The Bertz CT molecular complexity index is 320. The molecule has 1 unspecified atom stereocenters. The Labute approximate surface area is 101 Å². The van der Waals surface area contributed by atoms with Gasteiger partial charge in [0.25, 0.3) is 0 Å². The Morgan fingerprint density at radius 2 is 2.27 bits per heavy atom. The monoisotopic (exact) mass is 242 g/mol. The number of hydrogen-bond acceptors (Lipinski definition) is 2. The van der Waals surface area contributed by atoms with Crippen molar-refractivity contribution in [2.24, 2.45) is 0 Å². The molecule has 0 saturated carbocycles. The molecule has 0 aliphatic rings. The van der Waals surface area contributed by atoms with Gasteiger partial charge in [0.05, 0.1) is 6.04 Å². The maximum absolute atomic E-state index is 5.18. The highest BCUT2D eigenvalue weighted by atomic mass is 32.1. The van der Waals surface area contributed by atoms with Crippen molar-refractivity contribution in [3.63, 3.8) is 0 Å². The van der Waals surface area contributed by atoms with Crippen molar-refractivity contribution in [1.82, 2.24) is 10.6 Å². The summed E-state index contributed by atoms with van der Waals surface area (Å²) in [7, 11) is 0. The molecule has 15 heavy (non-hydrogen) atoms. The Balaban J connectivity index is 2.41. The highest BCUT2D eigenvalue weighted by Gasteiger charge is 2.08. The third-order valence-electron chi connectivity index (χ3n) is 2.07. The lowest BCUT2D eigenvalue weighted by molar-refractivity contribution is 0.705. The summed E-state index contributed by atoms with van der Waals surface area (Å²) in [5.41, 5.74) is 0. The van der Waals surface area contributed by atoms with Crippen molar-refractivity contribution < 1.29 is 0 Å². The summed E-state index contributed by atoms with van der Waals surface area (Å²) in [4.78, 5) is 2.67. The van der Waals surface area contributed by atoms with E-state index in [2.05, 4.69) is 43.5 Å². The number of thiocarbonyl (C=S) groups is 1. The maximum Gasteiger partial charge on any atom is 0.166 e. The fourth-order valence-electron chi connectivity index (χ4n) is 1.24. The summed E-state index contributed by atoms with van der Waals surface area (Å²) in [6, 6.07) is 4.58. The molecule has 1 atom stereocenters. The first-order valence-corrected chi connectivity index (χ1v) is 6.46. The van der Waals surface area contributed by atoms with E-state index in [-0.39, 0.29) is 0 Å². The van der Waals surface area contributed by atoms with Crippen LogP contribution in [0.4, 0.5) is 0 Å². The molecular formula is C11H18N2S2. The van der Waals surface area contributed by atoms with Gasteiger partial charge in [-0.2, -0.15) is 0 Å². The number of hydrogen-bond donors (Lipinski definition) is 2. The largest absolute Gasteiger partial charge is 0.363 e. The molecule has 0 saturated heterocycles. The molecule has 4 heteroatoms. The normalized spacial score (nSPS) is 12.2. The van der Waals surface area contributed by atoms with Crippen LogP contribution < -0.4 is 10.6 Å². The molecule has 0 aliphatic heterocycles. The van der Waals surface area contributed by atoms with E-state index in [1.165, 1.54) is 9.75 Å². The summed E-state index contributed by atoms with van der Waals surface area (Å²) in [5.74, 6) is 0. The van der Waals surface area contributed by atoms with Crippen molar-refractivity contribution >= 4 is 28.7 Å². The van der Waals surface area contributed by atoms with Crippen LogP contribution in [0.1, 0.15) is 36.1 Å². The first-order chi connectivity index (χ1) is 7.13. The fraction of sp³-hybridized carbons (Fsp3) is 0.545. The molecule has 1 aromatic heterocycles. The van der Waals surface area contributed by atoms with E-state index in [1.54, 1.807) is 0 Å². The summed E-state index contributed by atoms with van der Waals surface area (Å²) < 4.78 is 0. The lowest BCUT2D eigenvalue weighted by Gasteiger charge is -2.15. The summed E-state index contributed by atoms with van der Waals surface area (Å²) >= 11 is 7.00. The summed E-state index contributed by atoms with van der Waals surface area (Å²) in [5, 5.41) is 7.19. The van der Waals surface area contributed by atoms with Crippen LogP contribution in [0, 0.1) is 6.92 Å². The average Bonchev–Trinajstić information content (AvgIpc) is 2.61. The van der Waals surface area contributed by atoms with Crippen molar-refractivity contribution in [1.29, 1.82) is 0 Å². The zero-order valence-electron chi connectivity index (χ0n) is 9.46. The first kappa shape index (κ1) is 12.5. The van der Waals surface area contributed by atoms with Gasteiger partial charge in [-0.05, 0) is 44.6 Å². The van der Waals surface area contributed by atoms with Crippen LogP contribution in [-0.2, 0) is 0 Å². The zero-order valence-corrected chi connectivity index (χ0v) is 11.1. The minimum absolute atomic E-state index is 0.292. The Kier molecular flexibility index (Phi) is 5.05. The van der Waals surface area contributed by atoms with Crippen LogP contribution in [0.3, 0.4) is 0 Å². The molecule has 0 amide bonds. The number of rotatable bonds is 4. The molecule has 0 radical (unpaired) electrons.